The molecule has 0 aliphatic rings. The lowest BCUT2D eigenvalue weighted by atomic mass is 10.1. The molecule has 0 unspecified atom stereocenters. The third-order valence-electron chi connectivity index (χ3n) is 3.96. The zero-order chi connectivity index (χ0) is 25.5. The van der Waals surface area contributed by atoms with Gasteiger partial charge < -0.3 is 20.4 Å². The molecule has 11 nitrogen and oxygen atoms in total. The number of rotatable bonds is 7. The van der Waals surface area contributed by atoms with Crippen molar-refractivity contribution in [3.63, 3.8) is 0 Å². The van der Waals surface area contributed by atoms with Gasteiger partial charge in [-0.1, -0.05) is 25.5 Å². The molecule has 3 heterocycles. The number of aryl methyl sites for hydroxylation is 1. The Morgan fingerprint density at radius 2 is 1.35 bits per heavy atom. The van der Waals surface area contributed by atoms with Crippen LogP contribution < -0.4 is 0 Å². The summed E-state index contributed by atoms with van der Waals surface area (Å²) in [6.07, 6.45) is 7.71. The number of pyridine rings is 3. The molecule has 0 amide bonds. The van der Waals surface area contributed by atoms with E-state index in [4.69, 9.17) is 20.4 Å². The van der Waals surface area contributed by atoms with Gasteiger partial charge in [-0.3, -0.25) is 4.98 Å². The van der Waals surface area contributed by atoms with E-state index in [9.17, 15) is 19.2 Å². The number of unbranched alkanes of at least 4 members (excludes halogenated alkanes) is 1. The standard InChI is InChI=1S/C10H13NO2.C7H5NO4.C6H5NO2/c1-2-3-4-8-5-6-9(10(12)13)11-7-8;9-6(10)4-2-1-3-5(8-4)7(11)12;8-6(9)5-2-1-3-7-4-5/h5-7H,2-4H2,1H3,(H,12,13);1-3H,(H,9,10)(H,11,12);1-4H,(H,8,9). The number of hydrogen-bond acceptors (Lipinski definition) is 7. The second-order valence-electron chi connectivity index (χ2n) is 6.53. The number of aromatic nitrogens is 3. The number of aromatic carboxylic acids is 4. The number of carboxylic acid groups (broad SMARTS) is 4. The van der Waals surface area contributed by atoms with Gasteiger partial charge in [-0.15, -0.1) is 0 Å². The van der Waals surface area contributed by atoms with Gasteiger partial charge in [-0.25, -0.2) is 29.1 Å². The van der Waals surface area contributed by atoms with Crippen molar-refractivity contribution in [3.8, 4) is 0 Å². The Labute approximate surface area is 194 Å². The van der Waals surface area contributed by atoms with E-state index in [0.717, 1.165) is 24.8 Å². The van der Waals surface area contributed by atoms with E-state index in [1.54, 1.807) is 18.3 Å². The maximum atomic E-state index is 10.5. The molecule has 0 spiro atoms. The molecule has 3 rings (SSSR count). The number of nitrogens with zero attached hydrogens (tertiary/aromatic N) is 3. The van der Waals surface area contributed by atoms with E-state index in [1.807, 2.05) is 6.07 Å². The second kappa shape index (κ2) is 14.4. The fourth-order valence-electron chi connectivity index (χ4n) is 2.24. The van der Waals surface area contributed by atoms with Gasteiger partial charge in [0.1, 0.15) is 17.1 Å². The highest BCUT2D eigenvalue weighted by Crippen LogP contribution is 2.04. The van der Waals surface area contributed by atoms with Gasteiger partial charge >= 0.3 is 23.9 Å². The normalized spacial score (nSPS) is 9.44. The topological polar surface area (TPSA) is 188 Å². The van der Waals surface area contributed by atoms with Gasteiger partial charge in [0, 0.05) is 18.6 Å². The van der Waals surface area contributed by atoms with Crippen LogP contribution in [-0.2, 0) is 6.42 Å². The summed E-state index contributed by atoms with van der Waals surface area (Å²) in [5, 5.41) is 33.8. The SMILES string of the molecule is CCCCc1ccc(C(=O)O)nc1.O=C(O)c1cccc(C(=O)O)n1.O=C(O)c1cccnc1. The van der Waals surface area contributed by atoms with Crippen molar-refractivity contribution < 1.29 is 39.6 Å². The molecule has 0 aliphatic carbocycles. The molecule has 34 heavy (non-hydrogen) atoms. The molecule has 0 radical (unpaired) electrons. The highest BCUT2D eigenvalue weighted by atomic mass is 16.4. The summed E-state index contributed by atoms with van der Waals surface area (Å²) in [5.74, 6) is -4.39. The van der Waals surface area contributed by atoms with Crippen molar-refractivity contribution >= 4 is 23.9 Å². The molecule has 11 heteroatoms. The van der Waals surface area contributed by atoms with Crippen LogP contribution in [0, 0.1) is 0 Å². The third kappa shape index (κ3) is 10.1. The molecule has 0 aromatic carbocycles. The van der Waals surface area contributed by atoms with Crippen LogP contribution in [0.15, 0.2) is 61.1 Å². The van der Waals surface area contributed by atoms with E-state index in [-0.39, 0.29) is 22.6 Å². The van der Waals surface area contributed by atoms with Crippen molar-refractivity contribution in [2.24, 2.45) is 0 Å². The van der Waals surface area contributed by atoms with Gasteiger partial charge in [0.05, 0.1) is 5.56 Å². The predicted octanol–water partition coefficient (Wildman–Crippen LogP) is 3.38. The van der Waals surface area contributed by atoms with Gasteiger partial charge in [-0.05, 0) is 48.7 Å². The molecule has 0 saturated heterocycles. The van der Waals surface area contributed by atoms with E-state index in [1.165, 1.54) is 36.7 Å². The first-order chi connectivity index (χ1) is 16.1. The predicted molar refractivity (Wildman–Crippen MR) is 119 cm³/mol. The molecule has 178 valence electrons. The second-order valence-corrected chi connectivity index (χ2v) is 6.53. The molecule has 0 aliphatic heterocycles. The lowest BCUT2D eigenvalue weighted by Crippen LogP contribution is -2.06. The van der Waals surface area contributed by atoms with Crippen molar-refractivity contribution in [1.82, 2.24) is 15.0 Å². The van der Waals surface area contributed by atoms with Crippen LogP contribution in [0.3, 0.4) is 0 Å². The zero-order valence-corrected chi connectivity index (χ0v) is 18.2. The van der Waals surface area contributed by atoms with E-state index >= 15 is 0 Å². The summed E-state index contributed by atoms with van der Waals surface area (Å²) in [7, 11) is 0. The summed E-state index contributed by atoms with van der Waals surface area (Å²) < 4.78 is 0. The lowest BCUT2D eigenvalue weighted by Gasteiger charge is -1.98. The minimum Gasteiger partial charge on any atom is -0.478 e. The van der Waals surface area contributed by atoms with E-state index < -0.39 is 23.9 Å². The van der Waals surface area contributed by atoms with E-state index in [2.05, 4.69) is 21.9 Å². The van der Waals surface area contributed by atoms with E-state index in [0.29, 0.717) is 0 Å². The first-order valence-corrected chi connectivity index (χ1v) is 9.90. The Balaban J connectivity index is 0.000000259. The number of carboxylic acids is 4. The maximum absolute atomic E-state index is 10.5. The molecular weight excluding hydrogens is 446 g/mol. The van der Waals surface area contributed by atoms with Crippen molar-refractivity contribution in [1.29, 1.82) is 0 Å². The van der Waals surface area contributed by atoms with Crippen LogP contribution in [0.1, 0.15) is 67.2 Å². The fourth-order valence-corrected chi connectivity index (χ4v) is 2.24. The molecule has 4 N–H and O–H groups in total. The molecule has 3 aromatic rings. The minimum atomic E-state index is -1.24. The minimum absolute atomic E-state index is 0.111. The first-order valence-electron chi connectivity index (χ1n) is 9.90. The highest BCUT2D eigenvalue weighted by Gasteiger charge is 2.08. The van der Waals surface area contributed by atoms with Crippen LogP contribution in [0.25, 0.3) is 0 Å². The summed E-state index contributed by atoms with van der Waals surface area (Å²) in [6, 6.07) is 10.3. The van der Waals surface area contributed by atoms with Crippen molar-refractivity contribution in [3.05, 3.63) is 89.3 Å². The Hall–Kier alpha value is -4.67. The van der Waals surface area contributed by atoms with Crippen LogP contribution in [0.4, 0.5) is 0 Å². The number of carbonyl (C=O) groups is 4. The molecule has 0 saturated carbocycles. The average molecular weight is 469 g/mol. The number of hydrogen-bond donors (Lipinski definition) is 4. The van der Waals surface area contributed by atoms with Crippen molar-refractivity contribution in [2.45, 2.75) is 26.2 Å². The Morgan fingerprint density at radius 1 is 0.735 bits per heavy atom. The summed E-state index contributed by atoms with van der Waals surface area (Å²) in [6.45, 7) is 2.12. The smallest absolute Gasteiger partial charge is 0.354 e. The average Bonchev–Trinajstić information content (AvgIpc) is 2.84. The summed E-state index contributed by atoms with van der Waals surface area (Å²) in [5.41, 5.74) is 0.898. The van der Waals surface area contributed by atoms with Crippen molar-refractivity contribution in [2.75, 3.05) is 0 Å². The quantitative estimate of drug-likeness (QED) is 0.397. The molecular formula is C23H23N3O8. The van der Waals surface area contributed by atoms with Gasteiger partial charge in [0.15, 0.2) is 0 Å². The van der Waals surface area contributed by atoms with Gasteiger partial charge in [-0.2, -0.15) is 0 Å². The van der Waals surface area contributed by atoms with Crippen LogP contribution in [0.2, 0.25) is 0 Å². The molecule has 3 aromatic heterocycles. The summed E-state index contributed by atoms with van der Waals surface area (Å²) >= 11 is 0. The van der Waals surface area contributed by atoms with Gasteiger partial charge in [0.25, 0.3) is 0 Å². The molecule has 0 fully saturated rings. The Kier molecular flexibility index (Phi) is 11.6. The van der Waals surface area contributed by atoms with Gasteiger partial charge in [0.2, 0.25) is 0 Å². The monoisotopic (exact) mass is 469 g/mol. The first kappa shape index (κ1) is 27.4. The van der Waals surface area contributed by atoms with Crippen LogP contribution in [-0.4, -0.2) is 59.3 Å². The lowest BCUT2D eigenvalue weighted by molar-refractivity contribution is 0.0671. The molecule has 0 bridgehead atoms. The van der Waals surface area contributed by atoms with Crippen LogP contribution >= 0.6 is 0 Å². The summed E-state index contributed by atoms with van der Waals surface area (Å²) in [4.78, 5) is 52.1. The fraction of sp³-hybridized carbons (Fsp3) is 0.174. The zero-order valence-electron chi connectivity index (χ0n) is 18.2. The highest BCUT2D eigenvalue weighted by molar-refractivity contribution is 5.89. The Morgan fingerprint density at radius 3 is 1.74 bits per heavy atom. The largest absolute Gasteiger partial charge is 0.478 e. The third-order valence-corrected chi connectivity index (χ3v) is 3.96. The van der Waals surface area contributed by atoms with Crippen LogP contribution in [0.5, 0.6) is 0 Å². The molecule has 0 atom stereocenters. The maximum Gasteiger partial charge on any atom is 0.354 e. The Bertz CT molecular complexity index is 1070.